The van der Waals surface area contributed by atoms with Crippen molar-refractivity contribution in [3.8, 4) is 11.1 Å². The molecule has 0 radical (unpaired) electrons. The lowest BCUT2D eigenvalue weighted by Crippen LogP contribution is -2.23. The molecule has 0 amide bonds. The molecular weight excluding hydrogens is 410 g/mol. The van der Waals surface area contributed by atoms with Crippen molar-refractivity contribution in [2.45, 2.75) is 33.1 Å². The number of rotatable bonds is 6. The maximum absolute atomic E-state index is 13.3. The fraction of sp³-hybridized carbons (Fsp3) is 0.241. The number of benzene rings is 3. The summed E-state index contributed by atoms with van der Waals surface area (Å²) in [5, 5.41) is 9.07. The highest BCUT2D eigenvalue weighted by Crippen LogP contribution is 2.43. The molecule has 3 aromatic rings. The number of ketones is 1. The molecule has 0 aromatic heterocycles. The van der Waals surface area contributed by atoms with E-state index in [9.17, 15) is 9.59 Å². The summed E-state index contributed by atoms with van der Waals surface area (Å²) in [5.74, 6) is -1.06. The topological polar surface area (TPSA) is 57.6 Å². The van der Waals surface area contributed by atoms with Gasteiger partial charge in [-0.15, -0.1) is 0 Å². The molecule has 0 saturated carbocycles. The molecule has 0 aliphatic rings. The summed E-state index contributed by atoms with van der Waals surface area (Å²) in [4.78, 5) is 26.5. The Balaban J connectivity index is 2.14. The normalized spacial score (nSPS) is 11.6. The molecule has 0 unspecified atom stereocenters. The number of carboxylic acid groups (broad SMARTS) is 1. The highest BCUT2D eigenvalue weighted by Gasteiger charge is 2.28. The van der Waals surface area contributed by atoms with Crippen LogP contribution in [0.25, 0.3) is 17.2 Å². The fourth-order valence-electron chi connectivity index (χ4n) is 4.19. The van der Waals surface area contributed by atoms with Crippen molar-refractivity contribution < 1.29 is 14.7 Å². The van der Waals surface area contributed by atoms with E-state index in [1.165, 1.54) is 17.7 Å². The third-order valence-electron chi connectivity index (χ3n) is 5.69. The number of carbonyl (C=O) groups excluding carboxylic acids is 1. The molecule has 0 atom stereocenters. The Hall–Kier alpha value is -3.66. The maximum atomic E-state index is 13.3. The summed E-state index contributed by atoms with van der Waals surface area (Å²) in [5.41, 5.74) is 6.87. The molecule has 0 aliphatic carbocycles. The van der Waals surface area contributed by atoms with Gasteiger partial charge in [-0.25, -0.2) is 4.79 Å². The van der Waals surface area contributed by atoms with Gasteiger partial charge in [-0.1, -0.05) is 69.3 Å². The Morgan fingerprint density at radius 3 is 2.06 bits per heavy atom. The van der Waals surface area contributed by atoms with Gasteiger partial charge < -0.3 is 10.0 Å². The largest absolute Gasteiger partial charge is 0.478 e. The van der Waals surface area contributed by atoms with Crippen molar-refractivity contribution >= 4 is 23.5 Å². The van der Waals surface area contributed by atoms with Crippen LogP contribution in [-0.2, 0) is 5.41 Å². The van der Waals surface area contributed by atoms with Crippen LogP contribution in [0, 0.1) is 6.92 Å². The second-order valence-corrected chi connectivity index (χ2v) is 9.46. The van der Waals surface area contributed by atoms with E-state index in [0.717, 1.165) is 27.9 Å². The van der Waals surface area contributed by atoms with E-state index >= 15 is 0 Å². The minimum absolute atomic E-state index is 0.0875. The number of nitrogens with zero attached hydrogens (tertiary/aromatic N) is 1. The lowest BCUT2D eigenvalue weighted by Gasteiger charge is -2.32. The van der Waals surface area contributed by atoms with Gasteiger partial charge >= 0.3 is 5.97 Å². The molecule has 0 aliphatic heterocycles. The van der Waals surface area contributed by atoms with Crippen LogP contribution in [0.3, 0.4) is 0 Å². The lowest BCUT2D eigenvalue weighted by atomic mass is 9.77. The van der Waals surface area contributed by atoms with Gasteiger partial charge in [0.15, 0.2) is 5.78 Å². The Morgan fingerprint density at radius 1 is 0.939 bits per heavy atom. The fourth-order valence-corrected chi connectivity index (χ4v) is 4.19. The Kier molecular flexibility index (Phi) is 6.87. The zero-order valence-electron chi connectivity index (χ0n) is 20.1. The zero-order chi connectivity index (χ0) is 24.3. The quantitative estimate of drug-likeness (QED) is 0.345. The SMILES string of the molecule is Cc1c(C(=O)/C=C/c2ccc(C(=O)O)cc2)cc(-c2ccccc2)c(C(C)(C)C)c1N(C)C. The predicted molar refractivity (Wildman–Crippen MR) is 136 cm³/mol. The molecule has 1 N–H and O–H groups in total. The highest BCUT2D eigenvalue weighted by atomic mass is 16.4. The molecule has 3 rings (SSSR count). The van der Waals surface area contributed by atoms with Gasteiger partial charge in [0.25, 0.3) is 0 Å². The van der Waals surface area contributed by atoms with Gasteiger partial charge in [0, 0.05) is 25.3 Å². The second-order valence-electron chi connectivity index (χ2n) is 9.46. The molecule has 4 nitrogen and oxygen atoms in total. The van der Waals surface area contributed by atoms with Crippen molar-refractivity contribution in [1.82, 2.24) is 0 Å². The van der Waals surface area contributed by atoms with Gasteiger partial charge in [0.1, 0.15) is 0 Å². The van der Waals surface area contributed by atoms with E-state index in [1.54, 1.807) is 24.3 Å². The summed E-state index contributed by atoms with van der Waals surface area (Å²) in [7, 11) is 4.03. The Labute approximate surface area is 196 Å². The van der Waals surface area contributed by atoms with Gasteiger partial charge in [-0.3, -0.25) is 4.79 Å². The molecule has 0 bridgehead atoms. The van der Waals surface area contributed by atoms with Crippen LogP contribution >= 0.6 is 0 Å². The number of hydrogen-bond donors (Lipinski definition) is 1. The predicted octanol–water partition coefficient (Wildman–Crippen LogP) is 6.62. The first-order valence-corrected chi connectivity index (χ1v) is 11.0. The summed E-state index contributed by atoms with van der Waals surface area (Å²) in [6.45, 7) is 8.60. The molecule has 170 valence electrons. The van der Waals surface area contributed by atoms with Crippen molar-refractivity contribution in [2.24, 2.45) is 0 Å². The number of anilines is 1. The van der Waals surface area contributed by atoms with Gasteiger partial charge in [0.05, 0.1) is 5.56 Å². The smallest absolute Gasteiger partial charge is 0.335 e. The van der Waals surface area contributed by atoms with Gasteiger partial charge in [-0.05, 0) is 64.4 Å². The number of allylic oxidation sites excluding steroid dienone is 1. The van der Waals surface area contributed by atoms with E-state index in [0.29, 0.717) is 5.56 Å². The zero-order valence-corrected chi connectivity index (χ0v) is 20.1. The molecule has 0 fully saturated rings. The minimum atomic E-state index is -0.971. The van der Waals surface area contributed by atoms with Crippen molar-refractivity contribution in [3.63, 3.8) is 0 Å². The monoisotopic (exact) mass is 441 g/mol. The molecule has 33 heavy (non-hydrogen) atoms. The van der Waals surface area contributed by atoms with Crippen LogP contribution in [0.1, 0.15) is 58.2 Å². The Morgan fingerprint density at radius 2 is 1.55 bits per heavy atom. The van der Waals surface area contributed by atoms with E-state index < -0.39 is 5.97 Å². The van der Waals surface area contributed by atoms with E-state index in [2.05, 4.69) is 37.8 Å². The Bertz CT molecular complexity index is 1200. The molecule has 3 aromatic carbocycles. The summed E-state index contributed by atoms with van der Waals surface area (Å²) < 4.78 is 0. The van der Waals surface area contributed by atoms with Gasteiger partial charge in [0.2, 0.25) is 0 Å². The molecule has 0 saturated heterocycles. The van der Waals surface area contributed by atoms with Crippen LogP contribution in [-0.4, -0.2) is 31.0 Å². The first-order valence-electron chi connectivity index (χ1n) is 11.0. The minimum Gasteiger partial charge on any atom is -0.478 e. The second kappa shape index (κ2) is 9.45. The van der Waals surface area contributed by atoms with Crippen molar-refractivity contribution in [3.05, 3.63) is 94.6 Å². The van der Waals surface area contributed by atoms with Crippen LogP contribution in [0.2, 0.25) is 0 Å². The average Bonchev–Trinajstić information content (AvgIpc) is 2.77. The van der Waals surface area contributed by atoms with Crippen molar-refractivity contribution in [2.75, 3.05) is 19.0 Å². The molecular formula is C29H31NO3. The maximum Gasteiger partial charge on any atom is 0.335 e. The standard InChI is InChI=1S/C29H31NO3/c1-19-23(25(31)17-14-20-12-15-22(16-13-20)28(32)33)18-24(21-10-8-7-9-11-21)26(29(2,3)4)27(19)30(5)6/h7-18H,1-6H3,(H,32,33)/b17-14+. The van der Waals surface area contributed by atoms with Crippen molar-refractivity contribution in [1.29, 1.82) is 0 Å². The number of carboxylic acids is 1. The molecule has 4 heteroatoms. The average molecular weight is 442 g/mol. The van der Waals surface area contributed by atoms with E-state index in [4.69, 9.17) is 5.11 Å². The number of aromatic carboxylic acids is 1. The number of carbonyl (C=O) groups is 2. The first-order chi connectivity index (χ1) is 15.5. The third-order valence-corrected chi connectivity index (χ3v) is 5.69. The summed E-state index contributed by atoms with van der Waals surface area (Å²) >= 11 is 0. The van der Waals surface area contributed by atoms with Crippen LogP contribution in [0.15, 0.2) is 66.7 Å². The summed E-state index contributed by atoms with van der Waals surface area (Å²) in [6.07, 6.45) is 3.28. The van der Waals surface area contributed by atoms with Crippen LogP contribution in [0.5, 0.6) is 0 Å². The van der Waals surface area contributed by atoms with Crippen LogP contribution < -0.4 is 4.90 Å². The van der Waals surface area contributed by atoms with Crippen LogP contribution in [0.4, 0.5) is 5.69 Å². The summed E-state index contributed by atoms with van der Waals surface area (Å²) in [6, 6.07) is 18.7. The lowest BCUT2D eigenvalue weighted by molar-refractivity contribution is 0.0696. The van der Waals surface area contributed by atoms with E-state index in [-0.39, 0.29) is 16.8 Å². The third kappa shape index (κ3) is 5.23. The molecule has 0 spiro atoms. The number of hydrogen-bond acceptors (Lipinski definition) is 3. The first kappa shape index (κ1) is 24.0. The highest BCUT2D eigenvalue weighted by molar-refractivity contribution is 6.10. The van der Waals surface area contributed by atoms with Gasteiger partial charge in [-0.2, -0.15) is 0 Å². The molecule has 0 heterocycles. The van der Waals surface area contributed by atoms with E-state index in [1.807, 2.05) is 45.3 Å².